The number of rotatable bonds is 6. The van der Waals surface area contributed by atoms with Crippen molar-refractivity contribution in [2.75, 3.05) is 13.2 Å². The number of nitrogens with one attached hydrogen (secondary N) is 2. The Kier molecular flexibility index (Phi) is 6.01. The molecule has 152 valence electrons. The summed E-state index contributed by atoms with van der Waals surface area (Å²) in [5.74, 6) is -1.58. The van der Waals surface area contributed by atoms with Gasteiger partial charge in [0.05, 0.1) is 23.9 Å². The number of carbonyl (C=O) groups excluding carboxylic acids is 3. The van der Waals surface area contributed by atoms with Gasteiger partial charge in [0.1, 0.15) is 17.9 Å². The molecule has 0 saturated carbocycles. The topological polar surface area (TPSA) is 114 Å². The molecule has 1 heterocycles. The molecule has 2 amide bonds. The van der Waals surface area contributed by atoms with Gasteiger partial charge in [0.15, 0.2) is 0 Å². The molecule has 0 saturated heterocycles. The van der Waals surface area contributed by atoms with E-state index in [2.05, 4.69) is 10.6 Å². The van der Waals surface area contributed by atoms with Crippen molar-refractivity contribution < 1.29 is 29.0 Å². The van der Waals surface area contributed by atoms with E-state index in [1.807, 2.05) is 31.2 Å². The minimum atomic E-state index is -0.773. The maximum Gasteiger partial charge on any atom is 0.342 e. The van der Waals surface area contributed by atoms with Gasteiger partial charge in [-0.1, -0.05) is 31.2 Å². The van der Waals surface area contributed by atoms with E-state index in [1.54, 1.807) is 6.92 Å². The molecule has 29 heavy (non-hydrogen) atoms. The van der Waals surface area contributed by atoms with E-state index in [-0.39, 0.29) is 35.8 Å². The number of urea groups is 1. The van der Waals surface area contributed by atoms with Gasteiger partial charge in [0.25, 0.3) is 0 Å². The Balaban J connectivity index is 1.85. The van der Waals surface area contributed by atoms with Crippen molar-refractivity contribution >= 4 is 28.7 Å². The molecular formula is C21H22N2O6. The second-order valence-corrected chi connectivity index (χ2v) is 6.46. The van der Waals surface area contributed by atoms with E-state index in [0.29, 0.717) is 6.42 Å². The highest BCUT2D eigenvalue weighted by molar-refractivity contribution is 5.99. The first-order valence-corrected chi connectivity index (χ1v) is 9.31. The Morgan fingerprint density at radius 3 is 2.41 bits per heavy atom. The highest BCUT2D eigenvalue weighted by atomic mass is 16.5. The predicted octanol–water partition coefficient (Wildman–Crippen LogP) is 2.61. The third-order valence-electron chi connectivity index (χ3n) is 4.58. The summed E-state index contributed by atoms with van der Waals surface area (Å²) in [5.41, 5.74) is 0.367. The molecule has 0 radical (unpaired) electrons. The van der Waals surface area contributed by atoms with Crippen LogP contribution < -0.4 is 10.6 Å². The minimum Gasteiger partial charge on any atom is -0.507 e. The lowest BCUT2D eigenvalue weighted by Crippen LogP contribution is -2.51. The molecule has 1 atom stereocenters. The zero-order valence-corrected chi connectivity index (χ0v) is 16.2. The van der Waals surface area contributed by atoms with Crippen LogP contribution in [0.15, 0.2) is 47.7 Å². The van der Waals surface area contributed by atoms with Crippen LogP contribution in [0.1, 0.15) is 30.6 Å². The third-order valence-corrected chi connectivity index (χ3v) is 4.58. The fraction of sp³-hybridized carbons (Fsp3) is 0.286. The Bertz CT molecular complexity index is 998. The van der Waals surface area contributed by atoms with Gasteiger partial charge in [0, 0.05) is 0 Å². The molecule has 0 unspecified atom stereocenters. The van der Waals surface area contributed by atoms with E-state index < -0.39 is 24.0 Å². The van der Waals surface area contributed by atoms with E-state index in [9.17, 15) is 19.5 Å². The first kappa shape index (κ1) is 20.2. The monoisotopic (exact) mass is 398 g/mol. The lowest BCUT2D eigenvalue weighted by Gasteiger charge is -2.28. The van der Waals surface area contributed by atoms with E-state index in [1.165, 1.54) is 12.1 Å². The van der Waals surface area contributed by atoms with Crippen LogP contribution in [0, 0.1) is 0 Å². The smallest absolute Gasteiger partial charge is 0.342 e. The lowest BCUT2D eigenvalue weighted by molar-refractivity contribution is -0.139. The zero-order valence-electron chi connectivity index (χ0n) is 16.2. The second kappa shape index (κ2) is 8.64. The predicted molar refractivity (Wildman–Crippen MR) is 105 cm³/mol. The molecule has 1 aliphatic heterocycles. The molecule has 0 aliphatic carbocycles. The number of aromatic hydroxyl groups is 1. The van der Waals surface area contributed by atoms with Gasteiger partial charge < -0.3 is 25.2 Å². The van der Waals surface area contributed by atoms with Crippen molar-refractivity contribution in [2.24, 2.45) is 0 Å². The fourth-order valence-electron chi connectivity index (χ4n) is 3.18. The normalized spacial score (nSPS) is 16.2. The average molecular weight is 398 g/mol. The van der Waals surface area contributed by atoms with E-state index >= 15 is 0 Å². The van der Waals surface area contributed by atoms with Crippen molar-refractivity contribution in [3.63, 3.8) is 0 Å². The summed E-state index contributed by atoms with van der Waals surface area (Å²) in [6.45, 7) is 3.32. The van der Waals surface area contributed by atoms with Crippen LogP contribution in [0.2, 0.25) is 0 Å². The van der Waals surface area contributed by atoms with Crippen molar-refractivity contribution in [1.29, 1.82) is 0 Å². The summed E-state index contributed by atoms with van der Waals surface area (Å²) < 4.78 is 10.4. The van der Waals surface area contributed by atoms with Crippen LogP contribution in [0.25, 0.3) is 10.8 Å². The molecule has 0 spiro atoms. The van der Waals surface area contributed by atoms with Crippen LogP contribution in [-0.2, 0) is 14.3 Å². The summed E-state index contributed by atoms with van der Waals surface area (Å²) in [6.07, 6.45) is 0.463. The van der Waals surface area contributed by atoms with Gasteiger partial charge in [-0.15, -0.1) is 0 Å². The molecule has 3 rings (SSSR count). The number of ether oxygens (including phenoxy) is 2. The third kappa shape index (κ3) is 4.31. The summed E-state index contributed by atoms with van der Waals surface area (Å²) in [7, 11) is 0. The van der Waals surface area contributed by atoms with Crippen LogP contribution >= 0.6 is 0 Å². The molecule has 2 aromatic rings. The van der Waals surface area contributed by atoms with Gasteiger partial charge in [-0.3, -0.25) is 0 Å². The number of amides is 2. The largest absolute Gasteiger partial charge is 0.507 e. The first-order chi connectivity index (χ1) is 13.9. The van der Waals surface area contributed by atoms with Crippen LogP contribution in [0.4, 0.5) is 4.79 Å². The van der Waals surface area contributed by atoms with Crippen molar-refractivity contribution in [1.82, 2.24) is 10.6 Å². The van der Waals surface area contributed by atoms with Gasteiger partial charge in [-0.25, -0.2) is 14.4 Å². The number of hydrogen-bond acceptors (Lipinski definition) is 6. The molecule has 0 bridgehead atoms. The highest BCUT2D eigenvalue weighted by Gasteiger charge is 2.32. The number of hydrogen-bond donors (Lipinski definition) is 3. The molecule has 2 aromatic carbocycles. The van der Waals surface area contributed by atoms with Crippen LogP contribution in [-0.4, -0.2) is 42.3 Å². The van der Waals surface area contributed by atoms with Crippen molar-refractivity contribution in [3.05, 3.63) is 53.2 Å². The molecule has 8 nitrogen and oxygen atoms in total. The SMILES string of the molecule is CCOC(=O)C1=C(COC(=O)c2cc3ccccc3cc2O)NC(=O)N[C@H]1CC. The van der Waals surface area contributed by atoms with Crippen molar-refractivity contribution in [2.45, 2.75) is 26.3 Å². The highest BCUT2D eigenvalue weighted by Crippen LogP contribution is 2.26. The Hall–Kier alpha value is -3.55. The number of esters is 2. The van der Waals surface area contributed by atoms with Crippen molar-refractivity contribution in [3.8, 4) is 5.75 Å². The zero-order chi connectivity index (χ0) is 21.0. The minimum absolute atomic E-state index is 0.00529. The second-order valence-electron chi connectivity index (χ2n) is 6.46. The van der Waals surface area contributed by atoms with Gasteiger partial charge in [-0.2, -0.15) is 0 Å². The summed E-state index contributed by atoms with van der Waals surface area (Å²) in [6, 6.07) is 9.24. The Labute approximate surface area is 167 Å². The quantitative estimate of drug-likeness (QED) is 0.645. The maximum atomic E-state index is 12.5. The Morgan fingerprint density at radius 1 is 1.07 bits per heavy atom. The average Bonchev–Trinajstić information content (AvgIpc) is 2.71. The van der Waals surface area contributed by atoms with Crippen LogP contribution in [0.3, 0.4) is 0 Å². The lowest BCUT2D eigenvalue weighted by atomic mass is 10.0. The summed E-state index contributed by atoms with van der Waals surface area (Å²) in [4.78, 5) is 36.8. The number of fused-ring (bicyclic) bond motifs is 1. The molecule has 0 aromatic heterocycles. The molecule has 0 fully saturated rings. The standard InChI is InChI=1S/C21H22N2O6/c1-3-15-18(20(26)28-4-2)16(23-21(27)22-15)11-29-19(25)14-9-12-7-5-6-8-13(12)10-17(14)24/h5-10,15,24H,3-4,11H2,1-2H3,(H2,22,23,27)/t15-/m0/s1. The molecule has 3 N–H and O–H groups in total. The van der Waals surface area contributed by atoms with Crippen LogP contribution in [0.5, 0.6) is 5.75 Å². The molecule has 1 aliphatic rings. The van der Waals surface area contributed by atoms with Gasteiger partial charge in [-0.05, 0) is 36.2 Å². The Morgan fingerprint density at radius 2 is 1.76 bits per heavy atom. The van der Waals surface area contributed by atoms with E-state index in [0.717, 1.165) is 10.8 Å². The number of benzene rings is 2. The number of phenols is 1. The number of phenolic OH excluding ortho intramolecular Hbond substituents is 1. The van der Waals surface area contributed by atoms with E-state index in [4.69, 9.17) is 9.47 Å². The fourth-order valence-corrected chi connectivity index (χ4v) is 3.18. The molecular weight excluding hydrogens is 376 g/mol. The first-order valence-electron chi connectivity index (χ1n) is 9.31. The molecule has 8 heteroatoms. The van der Waals surface area contributed by atoms with Gasteiger partial charge >= 0.3 is 18.0 Å². The maximum absolute atomic E-state index is 12.5. The summed E-state index contributed by atoms with van der Waals surface area (Å²) in [5, 5.41) is 16.9. The number of carbonyl (C=O) groups is 3. The summed E-state index contributed by atoms with van der Waals surface area (Å²) >= 11 is 0. The van der Waals surface area contributed by atoms with Gasteiger partial charge in [0.2, 0.25) is 0 Å².